The highest BCUT2D eigenvalue weighted by Crippen LogP contribution is 2.31. The van der Waals surface area contributed by atoms with E-state index in [2.05, 4.69) is 19.7 Å². The van der Waals surface area contributed by atoms with Crippen molar-refractivity contribution in [3.8, 4) is 11.5 Å². The van der Waals surface area contributed by atoms with Gasteiger partial charge in [-0.15, -0.1) is 0 Å². The van der Waals surface area contributed by atoms with Crippen molar-refractivity contribution in [2.75, 3.05) is 19.0 Å². The first-order chi connectivity index (χ1) is 14.6. The van der Waals surface area contributed by atoms with Crippen molar-refractivity contribution in [3.05, 3.63) is 53.6 Å². The first-order valence-electron chi connectivity index (χ1n) is 9.70. The standard InChI is InChI=1S/C21H23N5O3S/c1-14-23-21(30-25-14)24-16-6-8-19(15(10-16)12-26-9-3-4-20(26)27)29-18-7-5-17(13-28-2)22-11-18/h5-8,10-11H,3-4,9,12-13H2,1-2H3,(H,23,24,25). The summed E-state index contributed by atoms with van der Waals surface area (Å²) in [5, 5.41) is 4.00. The predicted octanol–water partition coefficient (Wildman–Crippen LogP) is 4.05. The number of carbonyl (C=O) groups excluding carboxylic acids is 1. The van der Waals surface area contributed by atoms with Crippen LogP contribution in [0.2, 0.25) is 0 Å². The first kappa shape index (κ1) is 20.2. The molecule has 156 valence electrons. The number of benzene rings is 1. The third kappa shape index (κ3) is 4.92. The Morgan fingerprint density at radius 1 is 1.27 bits per heavy atom. The topological polar surface area (TPSA) is 89.5 Å². The van der Waals surface area contributed by atoms with Crippen LogP contribution in [-0.4, -0.2) is 38.8 Å². The molecule has 4 rings (SSSR count). The molecule has 9 heteroatoms. The highest BCUT2D eigenvalue weighted by atomic mass is 32.1. The number of ether oxygens (including phenoxy) is 2. The van der Waals surface area contributed by atoms with E-state index in [1.165, 1.54) is 11.5 Å². The highest BCUT2D eigenvalue weighted by molar-refractivity contribution is 7.09. The summed E-state index contributed by atoms with van der Waals surface area (Å²) in [4.78, 5) is 22.7. The number of carbonyl (C=O) groups is 1. The van der Waals surface area contributed by atoms with Gasteiger partial charge in [0.1, 0.15) is 17.3 Å². The van der Waals surface area contributed by atoms with Gasteiger partial charge in [-0.25, -0.2) is 4.98 Å². The third-order valence-corrected chi connectivity index (χ3v) is 5.41. The second kappa shape index (κ2) is 9.19. The van der Waals surface area contributed by atoms with Crippen molar-refractivity contribution in [2.24, 2.45) is 0 Å². The van der Waals surface area contributed by atoms with E-state index in [1.54, 1.807) is 13.3 Å². The quantitative estimate of drug-likeness (QED) is 0.582. The summed E-state index contributed by atoms with van der Waals surface area (Å²) in [6.07, 6.45) is 3.17. The molecule has 0 atom stereocenters. The Hall–Kier alpha value is -3.04. The second-order valence-electron chi connectivity index (χ2n) is 7.03. The lowest BCUT2D eigenvalue weighted by atomic mass is 10.1. The van der Waals surface area contributed by atoms with Gasteiger partial charge in [0.2, 0.25) is 11.0 Å². The molecule has 0 radical (unpaired) electrons. The van der Waals surface area contributed by atoms with Crippen LogP contribution in [0, 0.1) is 6.92 Å². The van der Waals surface area contributed by atoms with Crippen LogP contribution in [0.25, 0.3) is 0 Å². The molecule has 0 unspecified atom stereocenters. The lowest BCUT2D eigenvalue weighted by Gasteiger charge is -2.19. The van der Waals surface area contributed by atoms with Gasteiger partial charge in [-0.3, -0.25) is 9.78 Å². The minimum Gasteiger partial charge on any atom is -0.455 e. The molecule has 0 saturated carbocycles. The van der Waals surface area contributed by atoms with Crippen molar-refractivity contribution >= 4 is 28.3 Å². The van der Waals surface area contributed by atoms with Crippen molar-refractivity contribution in [1.29, 1.82) is 0 Å². The molecule has 0 spiro atoms. The number of hydrogen-bond acceptors (Lipinski definition) is 8. The first-order valence-corrected chi connectivity index (χ1v) is 10.5. The number of pyridine rings is 1. The van der Waals surface area contributed by atoms with Crippen LogP contribution in [0.3, 0.4) is 0 Å². The number of anilines is 2. The summed E-state index contributed by atoms with van der Waals surface area (Å²) >= 11 is 1.31. The molecule has 1 fully saturated rings. The number of nitrogens with zero attached hydrogens (tertiary/aromatic N) is 4. The molecule has 2 aromatic heterocycles. The fraction of sp³-hybridized carbons (Fsp3) is 0.333. The van der Waals surface area contributed by atoms with E-state index in [0.29, 0.717) is 31.1 Å². The van der Waals surface area contributed by atoms with E-state index in [9.17, 15) is 4.79 Å². The monoisotopic (exact) mass is 425 g/mol. The van der Waals surface area contributed by atoms with E-state index in [0.717, 1.165) is 40.9 Å². The van der Waals surface area contributed by atoms with E-state index < -0.39 is 0 Å². The average Bonchev–Trinajstić information content (AvgIpc) is 3.33. The van der Waals surface area contributed by atoms with Gasteiger partial charge >= 0.3 is 0 Å². The maximum absolute atomic E-state index is 12.2. The van der Waals surface area contributed by atoms with E-state index in [-0.39, 0.29) is 5.91 Å². The van der Waals surface area contributed by atoms with Crippen molar-refractivity contribution in [2.45, 2.75) is 32.9 Å². The minimum absolute atomic E-state index is 0.171. The van der Waals surface area contributed by atoms with Crippen LogP contribution >= 0.6 is 11.5 Å². The molecule has 0 aliphatic carbocycles. The SMILES string of the molecule is COCc1ccc(Oc2ccc(Nc3nc(C)ns3)cc2CN2CCCC2=O)cn1. The molecular weight excluding hydrogens is 402 g/mol. The van der Waals surface area contributed by atoms with Gasteiger partial charge in [0, 0.05) is 49.4 Å². The maximum atomic E-state index is 12.2. The largest absolute Gasteiger partial charge is 0.455 e. The molecule has 1 aromatic carbocycles. The summed E-state index contributed by atoms with van der Waals surface area (Å²) in [5.41, 5.74) is 2.62. The van der Waals surface area contributed by atoms with Crippen molar-refractivity contribution in [1.82, 2.24) is 19.2 Å². The van der Waals surface area contributed by atoms with Gasteiger partial charge < -0.3 is 19.7 Å². The predicted molar refractivity (Wildman–Crippen MR) is 114 cm³/mol. The zero-order valence-electron chi connectivity index (χ0n) is 16.9. The normalized spacial score (nSPS) is 13.7. The Bertz CT molecular complexity index is 1020. The number of hydrogen-bond donors (Lipinski definition) is 1. The maximum Gasteiger partial charge on any atom is 0.222 e. The molecule has 3 heterocycles. The fourth-order valence-corrected chi connectivity index (χ4v) is 3.86. The van der Waals surface area contributed by atoms with Gasteiger partial charge in [0.15, 0.2) is 0 Å². The Balaban J connectivity index is 1.57. The van der Waals surface area contributed by atoms with E-state index in [1.807, 2.05) is 42.2 Å². The van der Waals surface area contributed by atoms with Crippen LogP contribution in [-0.2, 0) is 22.7 Å². The summed E-state index contributed by atoms with van der Waals surface area (Å²) in [5.74, 6) is 2.22. The molecule has 8 nitrogen and oxygen atoms in total. The average molecular weight is 426 g/mol. The number of methoxy groups -OCH3 is 1. The van der Waals surface area contributed by atoms with Gasteiger partial charge in [-0.1, -0.05) is 0 Å². The molecule has 1 aliphatic rings. The Kier molecular flexibility index (Phi) is 6.20. The third-order valence-electron chi connectivity index (χ3n) is 4.69. The molecule has 1 aliphatic heterocycles. The van der Waals surface area contributed by atoms with Gasteiger partial charge in [-0.2, -0.15) is 4.37 Å². The van der Waals surface area contributed by atoms with Crippen molar-refractivity contribution in [3.63, 3.8) is 0 Å². The smallest absolute Gasteiger partial charge is 0.222 e. The van der Waals surface area contributed by atoms with E-state index >= 15 is 0 Å². The van der Waals surface area contributed by atoms with Crippen LogP contribution in [0.4, 0.5) is 10.8 Å². The molecule has 3 aromatic rings. The zero-order valence-corrected chi connectivity index (χ0v) is 17.7. The fourth-order valence-electron chi connectivity index (χ4n) is 3.26. The summed E-state index contributed by atoms with van der Waals surface area (Å²) in [7, 11) is 1.64. The highest BCUT2D eigenvalue weighted by Gasteiger charge is 2.22. The van der Waals surface area contributed by atoms with Crippen molar-refractivity contribution < 1.29 is 14.3 Å². The van der Waals surface area contributed by atoms with Crippen LogP contribution in [0.15, 0.2) is 36.5 Å². The van der Waals surface area contributed by atoms with E-state index in [4.69, 9.17) is 9.47 Å². The van der Waals surface area contributed by atoms with Gasteiger partial charge in [0.05, 0.1) is 18.5 Å². The number of aryl methyl sites for hydroxylation is 1. The molecule has 1 amide bonds. The lowest BCUT2D eigenvalue weighted by Crippen LogP contribution is -2.24. The lowest BCUT2D eigenvalue weighted by molar-refractivity contribution is -0.128. The number of nitrogens with one attached hydrogen (secondary N) is 1. The zero-order chi connectivity index (χ0) is 20.9. The molecule has 1 saturated heterocycles. The summed E-state index contributed by atoms with van der Waals surface area (Å²) in [6, 6.07) is 9.55. The summed E-state index contributed by atoms with van der Waals surface area (Å²) in [6.45, 7) is 3.57. The number of aromatic nitrogens is 3. The Morgan fingerprint density at radius 3 is 2.83 bits per heavy atom. The van der Waals surface area contributed by atoms with Crippen LogP contribution in [0.1, 0.15) is 29.9 Å². The van der Waals surface area contributed by atoms with Gasteiger partial charge in [0.25, 0.3) is 0 Å². The minimum atomic E-state index is 0.171. The van der Waals surface area contributed by atoms with Crippen LogP contribution < -0.4 is 10.1 Å². The van der Waals surface area contributed by atoms with Gasteiger partial charge in [-0.05, 0) is 43.7 Å². The molecular formula is C21H23N5O3S. The molecule has 30 heavy (non-hydrogen) atoms. The summed E-state index contributed by atoms with van der Waals surface area (Å²) < 4.78 is 15.4. The number of amides is 1. The Morgan fingerprint density at radius 2 is 2.17 bits per heavy atom. The Labute approximate surface area is 179 Å². The number of likely N-dealkylation sites (tertiary alicyclic amines) is 1. The van der Waals surface area contributed by atoms with Crippen LogP contribution in [0.5, 0.6) is 11.5 Å². The molecule has 1 N–H and O–H groups in total. The number of rotatable bonds is 8. The second-order valence-corrected chi connectivity index (χ2v) is 7.79. The molecule has 0 bridgehead atoms.